The van der Waals surface area contributed by atoms with Crippen LogP contribution >= 0.6 is 34.9 Å². The molecule has 1 amide bonds. The van der Waals surface area contributed by atoms with E-state index in [1.54, 1.807) is 28.0 Å². The van der Waals surface area contributed by atoms with Gasteiger partial charge in [0, 0.05) is 11.4 Å². The van der Waals surface area contributed by atoms with Gasteiger partial charge in [0.25, 0.3) is 5.91 Å². The van der Waals surface area contributed by atoms with Crippen molar-refractivity contribution < 1.29 is 4.79 Å². The van der Waals surface area contributed by atoms with Gasteiger partial charge in [-0.2, -0.15) is 0 Å². The van der Waals surface area contributed by atoms with Gasteiger partial charge in [0.15, 0.2) is 5.17 Å². The molecule has 3 heterocycles. The van der Waals surface area contributed by atoms with Gasteiger partial charge >= 0.3 is 0 Å². The normalized spacial score (nSPS) is 18.2. The summed E-state index contributed by atoms with van der Waals surface area (Å²) in [5.41, 5.74) is 3.78. The second-order valence-corrected chi connectivity index (χ2v) is 12.6. The van der Waals surface area contributed by atoms with Crippen LogP contribution in [-0.2, 0) is 4.79 Å². The summed E-state index contributed by atoms with van der Waals surface area (Å²) in [5, 5.41) is 5.26. The molecule has 0 atom stereocenters. The summed E-state index contributed by atoms with van der Waals surface area (Å²) in [4.78, 5) is 29.2. The quantitative estimate of drug-likeness (QED) is 0.200. The van der Waals surface area contributed by atoms with Crippen molar-refractivity contribution in [1.82, 2.24) is 4.98 Å². The zero-order valence-corrected chi connectivity index (χ0v) is 24.3. The Labute approximate surface area is 244 Å². The van der Waals surface area contributed by atoms with E-state index >= 15 is 0 Å². The smallest absolute Gasteiger partial charge is 0.271 e. The molecule has 4 aromatic carbocycles. The van der Waals surface area contributed by atoms with Gasteiger partial charge in [-0.3, -0.25) is 9.69 Å². The van der Waals surface area contributed by atoms with Crippen LogP contribution in [-0.4, -0.2) is 22.6 Å². The molecule has 0 bridgehead atoms. The van der Waals surface area contributed by atoms with Crippen molar-refractivity contribution in [2.24, 2.45) is 4.99 Å². The number of aliphatic imine (C=N–C) groups is 1. The number of thioether (sulfide) groups is 2. The lowest BCUT2D eigenvalue weighted by molar-refractivity contribution is -0.113. The van der Waals surface area contributed by atoms with E-state index in [2.05, 4.69) is 59.3 Å². The van der Waals surface area contributed by atoms with E-state index in [1.807, 2.05) is 61.5 Å². The number of thiazole rings is 1. The summed E-state index contributed by atoms with van der Waals surface area (Å²) < 4.78 is 1.09. The first-order valence-corrected chi connectivity index (χ1v) is 15.5. The molecule has 0 aliphatic carbocycles. The summed E-state index contributed by atoms with van der Waals surface area (Å²) in [5.74, 6) is -0.0736. The number of carbonyl (C=O) groups excluding carboxylic acids is 1. The van der Waals surface area contributed by atoms with Gasteiger partial charge in [0.05, 0.1) is 42.2 Å². The number of amidine groups is 1. The van der Waals surface area contributed by atoms with Crippen LogP contribution in [0.25, 0.3) is 21.0 Å². The zero-order valence-electron chi connectivity index (χ0n) is 21.9. The Bertz CT molecular complexity index is 1890. The van der Waals surface area contributed by atoms with Crippen molar-refractivity contribution in [3.05, 3.63) is 112 Å². The number of hydrogen-bond donors (Lipinski definition) is 0. The third-order valence-corrected chi connectivity index (χ3v) is 9.96. The second-order valence-electron chi connectivity index (χ2n) is 9.37. The number of allylic oxidation sites excluding steroid dienone is 2. The largest absolute Gasteiger partial charge is 0.335 e. The van der Waals surface area contributed by atoms with Gasteiger partial charge in [0.1, 0.15) is 0 Å². The minimum absolute atomic E-state index is 0.0736. The standard InChI is InChI=1S/C32H24N4OS3/c1-3-35-26-16-13-21-9-7-8-12-24(21)30(26)40-29(35)18-17-27-31(37)36(23-10-5-4-6-11-23)32(39-27)34-22-14-15-25-28(19-22)38-20(2)33-25/h4-19H,3H2,1-2H3/b27-17+,29-18-,34-32?. The van der Waals surface area contributed by atoms with E-state index in [9.17, 15) is 4.79 Å². The molecule has 40 heavy (non-hydrogen) atoms. The summed E-state index contributed by atoms with van der Waals surface area (Å²) in [6.45, 7) is 5.01. The predicted octanol–water partition coefficient (Wildman–Crippen LogP) is 8.88. The van der Waals surface area contributed by atoms with E-state index in [4.69, 9.17) is 4.99 Å². The summed E-state index contributed by atoms with van der Waals surface area (Å²) >= 11 is 4.82. The molecule has 0 saturated carbocycles. The Morgan fingerprint density at radius 2 is 1.75 bits per heavy atom. The SMILES string of the molecule is CCN1/C(=C/C=C2/SC(=Nc3ccc4nc(C)sc4c3)N(c3ccccc3)C2=O)Sc2c1ccc1ccccc21. The number of anilines is 2. The molecule has 0 spiro atoms. The van der Waals surface area contributed by atoms with Gasteiger partial charge < -0.3 is 4.90 Å². The number of para-hydroxylation sites is 1. The summed E-state index contributed by atoms with van der Waals surface area (Å²) in [6, 6.07) is 28.6. The number of carbonyl (C=O) groups is 1. The molecule has 5 nitrogen and oxygen atoms in total. The maximum atomic E-state index is 13.8. The van der Waals surface area contributed by atoms with Crippen LogP contribution < -0.4 is 9.80 Å². The minimum Gasteiger partial charge on any atom is -0.335 e. The number of hydrogen-bond acceptors (Lipinski definition) is 7. The fraction of sp³-hybridized carbons (Fsp3) is 0.0938. The Morgan fingerprint density at radius 3 is 2.60 bits per heavy atom. The van der Waals surface area contributed by atoms with Gasteiger partial charge in [0.2, 0.25) is 0 Å². The fourth-order valence-corrected chi connectivity index (χ4v) is 8.07. The molecule has 1 aromatic heterocycles. The van der Waals surface area contributed by atoms with Crippen molar-refractivity contribution >= 4 is 84.0 Å². The molecular formula is C32H24N4OS3. The zero-order chi connectivity index (χ0) is 27.2. The Balaban J connectivity index is 1.26. The maximum Gasteiger partial charge on any atom is 0.271 e. The number of aryl methyl sites for hydroxylation is 1. The van der Waals surface area contributed by atoms with Crippen molar-refractivity contribution in [1.29, 1.82) is 0 Å². The molecule has 1 saturated heterocycles. The van der Waals surface area contributed by atoms with Gasteiger partial charge in [-0.25, -0.2) is 9.98 Å². The predicted molar refractivity (Wildman–Crippen MR) is 172 cm³/mol. The van der Waals surface area contributed by atoms with Crippen molar-refractivity contribution in [2.45, 2.75) is 18.7 Å². The lowest BCUT2D eigenvalue weighted by Gasteiger charge is -2.17. The van der Waals surface area contributed by atoms with Crippen LogP contribution in [0, 0.1) is 6.92 Å². The van der Waals surface area contributed by atoms with E-state index in [1.165, 1.54) is 33.1 Å². The third kappa shape index (κ3) is 4.42. The molecule has 2 aliphatic rings. The van der Waals surface area contributed by atoms with Crippen LogP contribution in [0.2, 0.25) is 0 Å². The average molecular weight is 577 g/mol. The molecule has 1 fully saturated rings. The van der Waals surface area contributed by atoms with Crippen LogP contribution in [0.15, 0.2) is 117 Å². The van der Waals surface area contributed by atoms with Crippen molar-refractivity contribution in [3.63, 3.8) is 0 Å². The Hall–Kier alpha value is -3.85. The van der Waals surface area contributed by atoms with Gasteiger partial charge in [-0.05, 0) is 84.9 Å². The first-order valence-electron chi connectivity index (χ1n) is 13.0. The van der Waals surface area contributed by atoms with E-state index < -0.39 is 0 Å². The van der Waals surface area contributed by atoms with Gasteiger partial charge in [-0.1, -0.05) is 60.3 Å². The molecule has 0 unspecified atom stereocenters. The van der Waals surface area contributed by atoms with Crippen molar-refractivity contribution in [2.75, 3.05) is 16.3 Å². The Kier molecular flexibility index (Phi) is 6.46. The number of nitrogens with zero attached hydrogens (tertiary/aromatic N) is 4. The maximum absolute atomic E-state index is 13.8. The number of aromatic nitrogens is 1. The minimum atomic E-state index is -0.0736. The summed E-state index contributed by atoms with van der Waals surface area (Å²) in [6.07, 6.45) is 4.02. The van der Waals surface area contributed by atoms with E-state index in [-0.39, 0.29) is 5.91 Å². The highest BCUT2D eigenvalue weighted by molar-refractivity contribution is 8.19. The number of amides is 1. The molecule has 2 aliphatic heterocycles. The first-order chi connectivity index (χ1) is 19.6. The number of benzene rings is 4. The van der Waals surface area contributed by atoms with Crippen LogP contribution in [0.1, 0.15) is 11.9 Å². The molecule has 8 heteroatoms. The highest BCUT2D eigenvalue weighted by Crippen LogP contribution is 2.49. The lowest BCUT2D eigenvalue weighted by Crippen LogP contribution is -2.28. The van der Waals surface area contributed by atoms with Crippen LogP contribution in [0.5, 0.6) is 0 Å². The lowest BCUT2D eigenvalue weighted by atomic mass is 10.1. The molecule has 7 rings (SSSR count). The topological polar surface area (TPSA) is 48.8 Å². The molecule has 5 aromatic rings. The number of fused-ring (bicyclic) bond motifs is 4. The molecule has 196 valence electrons. The highest BCUT2D eigenvalue weighted by atomic mass is 32.2. The second kappa shape index (κ2) is 10.3. The van der Waals surface area contributed by atoms with E-state index in [0.717, 1.165) is 38.2 Å². The first kappa shape index (κ1) is 25.1. The average Bonchev–Trinajstić information content (AvgIpc) is 3.63. The van der Waals surface area contributed by atoms with Crippen LogP contribution in [0.4, 0.5) is 17.1 Å². The number of rotatable bonds is 4. The van der Waals surface area contributed by atoms with E-state index in [0.29, 0.717) is 10.1 Å². The monoisotopic (exact) mass is 576 g/mol. The highest BCUT2D eigenvalue weighted by Gasteiger charge is 2.35. The Morgan fingerprint density at radius 1 is 0.925 bits per heavy atom. The third-order valence-electron chi connectivity index (χ3n) is 6.84. The molecule has 0 radical (unpaired) electrons. The van der Waals surface area contributed by atoms with Crippen LogP contribution in [0.3, 0.4) is 0 Å². The van der Waals surface area contributed by atoms with Gasteiger partial charge in [-0.15, -0.1) is 11.3 Å². The fourth-order valence-electron chi connectivity index (χ4n) is 5.00. The molecule has 0 N–H and O–H groups in total. The molecular weight excluding hydrogens is 553 g/mol. The summed E-state index contributed by atoms with van der Waals surface area (Å²) in [7, 11) is 0. The van der Waals surface area contributed by atoms with Crippen molar-refractivity contribution in [3.8, 4) is 0 Å².